The second-order valence-electron chi connectivity index (χ2n) is 9.71. The smallest absolute Gasteiger partial charge is 0.251 e. The summed E-state index contributed by atoms with van der Waals surface area (Å²) in [5.74, 6) is 1.49. The SMILES string of the molecule is CNC(=O)c1cccc(CN2CCN(C(=O)CCc3c(C)nn(-c4ccc5nnc(C)n5n4)c3C)CC2)c1. The van der Waals surface area contributed by atoms with Gasteiger partial charge < -0.3 is 10.2 Å². The van der Waals surface area contributed by atoms with Crippen LogP contribution in [0, 0.1) is 20.8 Å². The molecule has 0 bridgehead atoms. The number of hydrogen-bond donors (Lipinski definition) is 1. The maximum absolute atomic E-state index is 13.0. The minimum atomic E-state index is -0.0822. The summed E-state index contributed by atoms with van der Waals surface area (Å²) in [7, 11) is 1.64. The van der Waals surface area contributed by atoms with E-state index in [2.05, 4.69) is 25.5 Å². The highest BCUT2D eigenvalue weighted by molar-refractivity contribution is 5.94. The average molecular weight is 516 g/mol. The third-order valence-electron chi connectivity index (χ3n) is 7.20. The molecule has 0 radical (unpaired) electrons. The Balaban J connectivity index is 1.17. The highest BCUT2D eigenvalue weighted by atomic mass is 16.2. The molecule has 0 spiro atoms. The number of rotatable bonds is 7. The molecule has 11 nitrogen and oxygen atoms in total. The molecule has 0 aliphatic carbocycles. The van der Waals surface area contributed by atoms with Crippen molar-refractivity contribution in [2.45, 2.75) is 40.2 Å². The molecule has 3 aromatic heterocycles. The largest absolute Gasteiger partial charge is 0.355 e. The third kappa shape index (κ3) is 5.14. The van der Waals surface area contributed by atoms with Crippen LogP contribution in [0.2, 0.25) is 0 Å². The van der Waals surface area contributed by atoms with Crippen LogP contribution >= 0.6 is 0 Å². The predicted octanol–water partition coefficient (Wildman–Crippen LogP) is 1.87. The molecular weight excluding hydrogens is 482 g/mol. The Labute approximate surface area is 221 Å². The molecule has 4 aromatic rings. The Morgan fingerprint density at radius 3 is 2.53 bits per heavy atom. The van der Waals surface area contributed by atoms with Crippen molar-refractivity contribution in [3.8, 4) is 5.82 Å². The van der Waals surface area contributed by atoms with Crippen molar-refractivity contribution in [1.82, 2.24) is 44.7 Å². The first-order valence-electron chi connectivity index (χ1n) is 12.9. The van der Waals surface area contributed by atoms with Gasteiger partial charge in [-0.05, 0) is 62.6 Å². The fourth-order valence-corrected chi connectivity index (χ4v) is 5.02. The molecule has 1 fully saturated rings. The Kier molecular flexibility index (Phi) is 7.19. The van der Waals surface area contributed by atoms with Gasteiger partial charge in [-0.15, -0.1) is 15.3 Å². The standard InChI is InChI=1S/C27H33N9O2/c1-18-23(19(2)35(31-18)25-10-9-24-30-29-20(3)36(24)32-25)8-11-26(37)34-14-12-33(13-15-34)17-21-6-5-7-22(16-21)27(38)28-4/h5-7,9-10,16H,8,11-15,17H2,1-4H3,(H,28,38). The van der Waals surface area contributed by atoms with E-state index in [0.29, 0.717) is 48.8 Å². The Hall–Kier alpha value is -4.12. The van der Waals surface area contributed by atoms with Crippen molar-refractivity contribution in [2.24, 2.45) is 0 Å². The maximum atomic E-state index is 13.0. The van der Waals surface area contributed by atoms with Crippen molar-refractivity contribution < 1.29 is 9.59 Å². The van der Waals surface area contributed by atoms with Crippen molar-refractivity contribution in [2.75, 3.05) is 33.2 Å². The van der Waals surface area contributed by atoms with E-state index < -0.39 is 0 Å². The van der Waals surface area contributed by atoms with Crippen LogP contribution in [0.1, 0.15) is 45.1 Å². The summed E-state index contributed by atoms with van der Waals surface area (Å²) in [5.41, 5.74) is 5.42. The van der Waals surface area contributed by atoms with Crippen molar-refractivity contribution in [3.63, 3.8) is 0 Å². The maximum Gasteiger partial charge on any atom is 0.251 e. The molecule has 0 unspecified atom stereocenters. The van der Waals surface area contributed by atoms with Crippen LogP contribution < -0.4 is 5.32 Å². The number of nitrogens with zero attached hydrogens (tertiary/aromatic N) is 8. The Bertz CT molecular complexity index is 1480. The first-order chi connectivity index (χ1) is 18.3. The summed E-state index contributed by atoms with van der Waals surface area (Å²) in [6.45, 7) is 9.64. The number of carbonyl (C=O) groups excluding carboxylic acids is 2. The first-order valence-corrected chi connectivity index (χ1v) is 12.9. The molecule has 38 heavy (non-hydrogen) atoms. The normalized spacial score (nSPS) is 14.3. The molecule has 1 aromatic carbocycles. The van der Waals surface area contributed by atoms with Gasteiger partial charge in [0.25, 0.3) is 5.91 Å². The van der Waals surface area contributed by atoms with Crippen LogP contribution in [0.5, 0.6) is 0 Å². The monoisotopic (exact) mass is 515 g/mol. The lowest BCUT2D eigenvalue weighted by Gasteiger charge is -2.35. The number of aryl methyl sites for hydroxylation is 2. The fraction of sp³-hybridized carbons (Fsp3) is 0.407. The molecule has 0 saturated carbocycles. The second kappa shape index (κ2) is 10.7. The lowest BCUT2D eigenvalue weighted by molar-refractivity contribution is -0.133. The molecular formula is C27H33N9O2. The van der Waals surface area contributed by atoms with Gasteiger partial charge >= 0.3 is 0 Å². The van der Waals surface area contributed by atoms with Gasteiger partial charge in [0, 0.05) is 57.4 Å². The van der Waals surface area contributed by atoms with E-state index in [-0.39, 0.29) is 11.8 Å². The van der Waals surface area contributed by atoms with Gasteiger partial charge in [0.05, 0.1) is 5.69 Å². The summed E-state index contributed by atoms with van der Waals surface area (Å²) in [4.78, 5) is 29.3. The van der Waals surface area contributed by atoms with Gasteiger partial charge in [0.2, 0.25) is 5.91 Å². The van der Waals surface area contributed by atoms with Gasteiger partial charge in [-0.2, -0.15) is 9.61 Å². The van der Waals surface area contributed by atoms with Gasteiger partial charge in [0.1, 0.15) is 0 Å². The highest BCUT2D eigenvalue weighted by Crippen LogP contribution is 2.20. The number of piperazine rings is 1. The van der Waals surface area contributed by atoms with E-state index in [9.17, 15) is 9.59 Å². The van der Waals surface area contributed by atoms with Crippen molar-refractivity contribution in [3.05, 3.63) is 70.3 Å². The lowest BCUT2D eigenvalue weighted by atomic mass is 10.1. The number of nitrogens with one attached hydrogen (secondary N) is 1. The highest BCUT2D eigenvalue weighted by Gasteiger charge is 2.23. The fourth-order valence-electron chi connectivity index (χ4n) is 5.02. The molecule has 1 aliphatic rings. The molecule has 1 aliphatic heterocycles. The van der Waals surface area contributed by atoms with Gasteiger partial charge in [-0.3, -0.25) is 14.5 Å². The molecule has 1 saturated heterocycles. The van der Waals surface area contributed by atoms with Gasteiger partial charge in [0.15, 0.2) is 17.3 Å². The van der Waals surface area contributed by atoms with Crippen LogP contribution in [0.3, 0.4) is 0 Å². The predicted molar refractivity (Wildman–Crippen MR) is 142 cm³/mol. The van der Waals surface area contributed by atoms with Crippen LogP contribution in [0.25, 0.3) is 11.5 Å². The minimum Gasteiger partial charge on any atom is -0.355 e. The Morgan fingerprint density at radius 2 is 1.76 bits per heavy atom. The molecule has 1 N–H and O–H groups in total. The van der Waals surface area contributed by atoms with E-state index in [1.807, 2.05) is 66.8 Å². The summed E-state index contributed by atoms with van der Waals surface area (Å²) in [5, 5.41) is 20.2. The minimum absolute atomic E-state index is 0.0822. The number of carbonyl (C=O) groups is 2. The molecule has 5 rings (SSSR count). The lowest BCUT2D eigenvalue weighted by Crippen LogP contribution is -2.48. The molecule has 2 amide bonds. The van der Waals surface area contributed by atoms with Crippen LogP contribution in [0.4, 0.5) is 0 Å². The average Bonchev–Trinajstić information content (AvgIpc) is 3.45. The van der Waals surface area contributed by atoms with Gasteiger partial charge in [-0.1, -0.05) is 12.1 Å². The number of benzene rings is 1. The summed E-state index contributed by atoms with van der Waals surface area (Å²) in [6.07, 6.45) is 1.08. The Morgan fingerprint density at radius 1 is 0.974 bits per heavy atom. The zero-order chi connectivity index (χ0) is 26.8. The zero-order valence-electron chi connectivity index (χ0n) is 22.3. The zero-order valence-corrected chi connectivity index (χ0v) is 22.3. The number of fused-ring (bicyclic) bond motifs is 1. The summed E-state index contributed by atoms with van der Waals surface area (Å²) < 4.78 is 3.53. The number of hydrogen-bond acceptors (Lipinski definition) is 7. The van der Waals surface area contributed by atoms with Crippen molar-refractivity contribution >= 4 is 17.5 Å². The molecule has 11 heteroatoms. The quantitative estimate of drug-likeness (QED) is 0.400. The van der Waals surface area contributed by atoms with Crippen LogP contribution in [-0.2, 0) is 17.8 Å². The topological polar surface area (TPSA) is 114 Å². The van der Waals surface area contributed by atoms with Crippen LogP contribution in [0.15, 0.2) is 36.4 Å². The van der Waals surface area contributed by atoms with E-state index >= 15 is 0 Å². The number of aromatic nitrogens is 6. The third-order valence-corrected chi connectivity index (χ3v) is 7.20. The van der Waals surface area contributed by atoms with Crippen molar-refractivity contribution in [1.29, 1.82) is 0 Å². The summed E-state index contributed by atoms with van der Waals surface area (Å²) >= 11 is 0. The van der Waals surface area contributed by atoms with E-state index in [1.165, 1.54) is 0 Å². The molecule has 198 valence electrons. The van der Waals surface area contributed by atoms with E-state index in [0.717, 1.165) is 42.1 Å². The first kappa shape index (κ1) is 25.5. The van der Waals surface area contributed by atoms with Gasteiger partial charge in [-0.25, -0.2) is 4.68 Å². The van der Waals surface area contributed by atoms with E-state index in [1.54, 1.807) is 11.6 Å². The summed E-state index contributed by atoms with van der Waals surface area (Å²) in [6, 6.07) is 11.5. The second-order valence-corrected chi connectivity index (χ2v) is 9.71. The van der Waals surface area contributed by atoms with E-state index in [4.69, 9.17) is 5.10 Å². The molecule has 4 heterocycles. The number of amides is 2. The van der Waals surface area contributed by atoms with Crippen LogP contribution in [-0.4, -0.2) is 84.4 Å². The molecule has 0 atom stereocenters.